The molecule has 3 aromatic rings. The van der Waals surface area contributed by atoms with Gasteiger partial charge in [-0.2, -0.15) is 0 Å². The molecule has 1 aliphatic heterocycles. The molecule has 0 saturated carbocycles. The van der Waals surface area contributed by atoms with Crippen LogP contribution in [0.5, 0.6) is 5.75 Å². The lowest BCUT2D eigenvalue weighted by atomic mass is 10.1. The summed E-state index contributed by atoms with van der Waals surface area (Å²) in [4.78, 5) is 15.2. The summed E-state index contributed by atoms with van der Waals surface area (Å²) in [5.41, 5.74) is 2.17. The van der Waals surface area contributed by atoms with Crippen LogP contribution in [0.1, 0.15) is 29.6 Å². The van der Waals surface area contributed by atoms with Crippen molar-refractivity contribution >= 4 is 57.0 Å². The Labute approximate surface area is 192 Å². The van der Waals surface area contributed by atoms with Gasteiger partial charge in [-0.15, -0.1) is 0 Å². The average Bonchev–Trinajstić information content (AvgIpc) is 2.78. The molecule has 4 rings (SSSR count). The molecule has 0 aliphatic carbocycles. The second kappa shape index (κ2) is 9.54. The molecule has 0 aromatic heterocycles. The molecule has 5 nitrogen and oxygen atoms in total. The van der Waals surface area contributed by atoms with Gasteiger partial charge in [0.25, 0.3) is 5.91 Å². The van der Waals surface area contributed by atoms with Gasteiger partial charge >= 0.3 is 0 Å². The molecule has 3 aromatic carbocycles. The Morgan fingerprint density at radius 1 is 1.03 bits per heavy atom. The van der Waals surface area contributed by atoms with E-state index in [9.17, 15) is 4.79 Å². The maximum atomic E-state index is 12.8. The van der Waals surface area contributed by atoms with Gasteiger partial charge in [-0.1, -0.05) is 35.9 Å². The molecule has 1 fully saturated rings. The SMILES string of the molecule is COc1cc2ccccc2cc1C(=O)NC(=S)Nc1ccc(N2CCCCC2)c(Cl)c1. The minimum atomic E-state index is -0.337. The predicted octanol–water partition coefficient (Wildman–Crippen LogP) is 5.62. The zero-order valence-corrected chi connectivity index (χ0v) is 18.9. The Bertz CT molecular complexity index is 1130. The fourth-order valence-electron chi connectivity index (χ4n) is 3.87. The summed E-state index contributed by atoms with van der Waals surface area (Å²) < 4.78 is 5.41. The number of nitrogens with zero attached hydrogens (tertiary/aromatic N) is 1. The van der Waals surface area contributed by atoms with Gasteiger partial charge in [-0.05, 0) is 72.6 Å². The van der Waals surface area contributed by atoms with Gasteiger partial charge in [0.05, 0.1) is 23.4 Å². The Morgan fingerprint density at radius 3 is 2.42 bits per heavy atom. The minimum Gasteiger partial charge on any atom is -0.496 e. The number of methoxy groups -OCH3 is 1. The van der Waals surface area contributed by atoms with E-state index in [0.717, 1.165) is 35.2 Å². The molecular formula is C24H24ClN3O2S. The second-order valence-corrected chi connectivity index (χ2v) is 8.34. The van der Waals surface area contributed by atoms with Crippen molar-refractivity contribution in [1.82, 2.24) is 5.32 Å². The number of amides is 1. The number of hydrogen-bond donors (Lipinski definition) is 2. The first-order valence-corrected chi connectivity index (χ1v) is 11.1. The smallest absolute Gasteiger partial charge is 0.261 e. The lowest BCUT2D eigenvalue weighted by Gasteiger charge is -2.29. The average molecular weight is 454 g/mol. The normalized spacial score (nSPS) is 13.7. The number of halogens is 1. The van der Waals surface area contributed by atoms with E-state index in [4.69, 9.17) is 28.6 Å². The first-order chi connectivity index (χ1) is 15.0. The highest BCUT2D eigenvalue weighted by Crippen LogP contribution is 2.31. The van der Waals surface area contributed by atoms with E-state index >= 15 is 0 Å². The first kappa shape index (κ1) is 21.4. The standard InChI is InChI=1S/C24H24ClN3O2S/c1-30-22-14-17-8-4-3-7-16(17)13-19(22)23(29)27-24(31)26-18-9-10-21(20(25)15-18)28-11-5-2-6-12-28/h3-4,7-10,13-15H,2,5-6,11-12H2,1H3,(H2,26,27,29,31). The molecule has 1 heterocycles. The Balaban J connectivity index is 1.45. The molecule has 0 unspecified atom stereocenters. The van der Waals surface area contributed by atoms with E-state index in [-0.39, 0.29) is 11.0 Å². The molecule has 7 heteroatoms. The van der Waals surface area contributed by atoms with Crippen LogP contribution >= 0.6 is 23.8 Å². The molecule has 1 saturated heterocycles. The molecule has 0 spiro atoms. The number of carbonyl (C=O) groups is 1. The second-order valence-electron chi connectivity index (χ2n) is 7.52. The van der Waals surface area contributed by atoms with Crippen LogP contribution in [0.3, 0.4) is 0 Å². The monoisotopic (exact) mass is 453 g/mol. The van der Waals surface area contributed by atoms with E-state index in [1.807, 2.05) is 48.5 Å². The fourth-order valence-corrected chi connectivity index (χ4v) is 4.39. The number of carbonyl (C=O) groups excluding carboxylic acids is 1. The van der Waals surface area contributed by atoms with Crippen molar-refractivity contribution in [3.63, 3.8) is 0 Å². The molecule has 160 valence electrons. The van der Waals surface area contributed by atoms with Gasteiger partial charge < -0.3 is 15.0 Å². The fraction of sp³-hybridized carbons (Fsp3) is 0.250. The number of fused-ring (bicyclic) bond motifs is 1. The summed E-state index contributed by atoms with van der Waals surface area (Å²) in [5, 5.41) is 8.59. The highest BCUT2D eigenvalue weighted by molar-refractivity contribution is 7.80. The summed E-state index contributed by atoms with van der Waals surface area (Å²) in [7, 11) is 1.54. The largest absolute Gasteiger partial charge is 0.496 e. The molecule has 0 radical (unpaired) electrons. The van der Waals surface area contributed by atoms with Gasteiger partial charge in [0.2, 0.25) is 0 Å². The number of hydrogen-bond acceptors (Lipinski definition) is 4. The zero-order valence-electron chi connectivity index (χ0n) is 17.3. The van der Waals surface area contributed by atoms with Crippen molar-refractivity contribution in [3.05, 3.63) is 65.2 Å². The topological polar surface area (TPSA) is 53.6 Å². The van der Waals surface area contributed by atoms with Crippen molar-refractivity contribution in [2.75, 3.05) is 30.4 Å². The maximum absolute atomic E-state index is 12.8. The Kier molecular flexibility index (Phi) is 6.59. The highest BCUT2D eigenvalue weighted by Gasteiger charge is 2.17. The quantitative estimate of drug-likeness (QED) is 0.502. The molecule has 1 amide bonds. The van der Waals surface area contributed by atoms with Crippen LogP contribution in [-0.4, -0.2) is 31.2 Å². The van der Waals surface area contributed by atoms with Crippen molar-refractivity contribution in [3.8, 4) is 5.75 Å². The van der Waals surface area contributed by atoms with Crippen LogP contribution in [0, 0.1) is 0 Å². The molecule has 2 N–H and O–H groups in total. The van der Waals surface area contributed by atoms with Crippen LogP contribution < -0.4 is 20.3 Å². The molecule has 1 aliphatic rings. The first-order valence-electron chi connectivity index (χ1n) is 10.3. The van der Waals surface area contributed by atoms with Gasteiger partial charge in [0.1, 0.15) is 5.75 Å². The summed E-state index contributed by atoms with van der Waals surface area (Å²) >= 11 is 11.9. The number of thiocarbonyl (C=S) groups is 1. The number of anilines is 2. The molecule has 31 heavy (non-hydrogen) atoms. The maximum Gasteiger partial charge on any atom is 0.261 e. The summed E-state index contributed by atoms with van der Waals surface area (Å²) in [6.07, 6.45) is 3.64. The van der Waals surface area contributed by atoms with E-state index in [0.29, 0.717) is 16.3 Å². The summed E-state index contributed by atoms with van der Waals surface area (Å²) in [5.74, 6) is 0.157. The van der Waals surface area contributed by atoms with Gasteiger partial charge in [-0.3, -0.25) is 10.1 Å². The van der Waals surface area contributed by atoms with E-state index in [1.54, 1.807) is 13.2 Å². The van der Waals surface area contributed by atoms with Crippen LogP contribution in [0.15, 0.2) is 54.6 Å². The number of benzene rings is 3. The minimum absolute atomic E-state index is 0.196. The predicted molar refractivity (Wildman–Crippen MR) is 132 cm³/mol. The number of nitrogens with one attached hydrogen (secondary N) is 2. The van der Waals surface area contributed by atoms with E-state index in [2.05, 4.69) is 15.5 Å². The van der Waals surface area contributed by atoms with Crippen LogP contribution in [0.2, 0.25) is 5.02 Å². The Morgan fingerprint density at radius 2 is 1.74 bits per heavy atom. The lowest BCUT2D eigenvalue weighted by Crippen LogP contribution is -2.34. The van der Waals surface area contributed by atoms with Crippen LogP contribution in [-0.2, 0) is 0 Å². The number of ether oxygens (including phenoxy) is 1. The van der Waals surface area contributed by atoms with E-state index < -0.39 is 0 Å². The van der Waals surface area contributed by atoms with Crippen molar-refractivity contribution in [2.24, 2.45) is 0 Å². The van der Waals surface area contributed by atoms with Crippen molar-refractivity contribution in [1.29, 1.82) is 0 Å². The van der Waals surface area contributed by atoms with Gasteiger partial charge in [0, 0.05) is 18.8 Å². The third kappa shape index (κ3) is 4.92. The van der Waals surface area contributed by atoms with Gasteiger partial charge in [0.15, 0.2) is 5.11 Å². The van der Waals surface area contributed by atoms with Crippen molar-refractivity contribution in [2.45, 2.75) is 19.3 Å². The van der Waals surface area contributed by atoms with Gasteiger partial charge in [-0.25, -0.2) is 0 Å². The van der Waals surface area contributed by atoms with Crippen LogP contribution in [0.4, 0.5) is 11.4 Å². The van der Waals surface area contributed by atoms with Crippen LogP contribution in [0.25, 0.3) is 10.8 Å². The molecular weight excluding hydrogens is 430 g/mol. The third-order valence-electron chi connectivity index (χ3n) is 5.44. The molecule has 0 bridgehead atoms. The summed E-state index contributed by atoms with van der Waals surface area (Å²) in [6, 6.07) is 17.2. The third-order valence-corrected chi connectivity index (χ3v) is 5.95. The highest BCUT2D eigenvalue weighted by atomic mass is 35.5. The zero-order chi connectivity index (χ0) is 21.8. The summed E-state index contributed by atoms with van der Waals surface area (Å²) in [6.45, 7) is 2.04. The Hall–Kier alpha value is -2.83. The number of piperidine rings is 1. The lowest BCUT2D eigenvalue weighted by molar-refractivity contribution is 0.0975. The molecule has 0 atom stereocenters. The van der Waals surface area contributed by atoms with E-state index in [1.165, 1.54) is 19.3 Å². The number of rotatable bonds is 4. The van der Waals surface area contributed by atoms with Crippen molar-refractivity contribution < 1.29 is 9.53 Å².